The van der Waals surface area contributed by atoms with Gasteiger partial charge >= 0.3 is 0 Å². The van der Waals surface area contributed by atoms with Gasteiger partial charge in [0.2, 0.25) is 0 Å². The maximum atomic E-state index is 10.8. The van der Waals surface area contributed by atoms with Crippen molar-refractivity contribution in [3.63, 3.8) is 0 Å². The third-order valence-corrected chi connectivity index (χ3v) is 5.59. The smallest absolute Gasteiger partial charge is 0.0947 e. The van der Waals surface area contributed by atoms with Crippen LogP contribution in [0.3, 0.4) is 0 Å². The highest BCUT2D eigenvalue weighted by Gasteiger charge is 2.31. The zero-order chi connectivity index (χ0) is 15.4. The minimum absolute atomic E-state index is 0.259. The number of rotatable bonds is 6. The van der Waals surface area contributed by atoms with Crippen molar-refractivity contribution in [3.8, 4) is 0 Å². The largest absolute Gasteiger partial charge is 0.387 e. The molecule has 3 rings (SSSR count). The highest BCUT2D eigenvalue weighted by molar-refractivity contribution is 7.09. The Balaban J connectivity index is 1.71. The lowest BCUT2D eigenvalue weighted by atomic mass is 9.85. The first-order valence-corrected chi connectivity index (χ1v) is 9.20. The molecule has 2 aromatic rings. The van der Waals surface area contributed by atoms with Gasteiger partial charge in [-0.05, 0) is 54.8 Å². The van der Waals surface area contributed by atoms with Crippen LogP contribution >= 0.6 is 11.3 Å². The summed E-state index contributed by atoms with van der Waals surface area (Å²) in [6.45, 7) is 4.33. The van der Waals surface area contributed by atoms with Crippen molar-refractivity contribution in [2.45, 2.75) is 44.8 Å². The summed E-state index contributed by atoms with van der Waals surface area (Å²) in [7, 11) is 0. The summed E-state index contributed by atoms with van der Waals surface area (Å²) in [6.07, 6.45) is 4.01. The number of aryl methyl sites for hydroxylation is 1. The minimum Gasteiger partial charge on any atom is -0.387 e. The standard InChI is InChI=1S/C19H25NOS/c1-2-12-20(13-11-16-7-5-14-22-16)18-10-9-15-6-3-4-8-17(15)19(18)21/h3-8,14,18-19,21H,2,9-13H2,1H3. The van der Waals surface area contributed by atoms with Crippen LogP contribution in [-0.4, -0.2) is 29.1 Å². The highest BCUT2D eigenvalue weighted by Crippen LogP contribution is 2.33. The number of aliphatic hydroxyl groups excluding tert-OH is 1. The molecule has 1 heterocycles. The second-order valence-electron chi connectivity index (χ2n) is 6.12. The Morgan fingerprint density at radius 2 is 2.05 bits per heavy atom. The van der Waals surface area contributed by atoms with Gasteiger partial charge in [-0.25, -0.2) is 0 Å². The highest BCUT2D eigenvalue weighted by atomic mass is 32.1. The minimum atomic E-state index is -0.347. The Labute approximate surface area is 137 Å². The normalized spacial score (nSPS) is 21.0. The van der Waals surface area contributed by atoms with Crippen LogP contribution < -0.4 is 0 Å². The summed E-state index contributed by atoms with van der Waals surface area (Å²) in [4.78, 5) is 3.94. The molecular formula is C19H25NOS. The number of hydrogen-bond donors (Lipinski definition) is 1. The van der Waals surface area contributed by atoms with Gasteiger partial charge in [-0.15, -0.1) is 11.3 Å². The predicted octanol–water partition coefficient (Wildman–Crippen LogP) is 4.05. The molecule has 2 nitrogen and oxygen atoms in total. The molecule has 2 atom stereocenters. The quantitative estimate of drug-likeness (QED) is 0.869. The molecule has 1 aromatic carbocycles. The number of fused-ring (bicyclic) bond motifs is 1. The number of thiophene rings is 1. The van der Waals surface area contributed by atoms with Crippen LogP contribution in [-0.2, 0) is 12.8 Å². The van der Waals surface area contributed by atoms with Crippen LogP contribution in [0.2, 0.25) is 0 Å². The third kappa shape index (κ3) is 3.43. The Morgan fingerprint density at radius 1 is 1.18 bits per heavy atom. The van der Waals surface area contributed by atoms with E-state index in [0.717, 1.165) is 44.3 Å². The van der Waals surface area contributed by atoms with Gasteiger partial charge in [-0.3, -0.25) is 4.90 Å². The van der Waals surface area contributed by atoms with Crippen molar-refractivity contribution in [3.05, 3.63) is 57.8 Å². The van der Waals surface area contributed by atoms with Crippen molar-refractivity contribution in [2.75, 3.05) is 13.1 Å². The maximum Gasteiger partial charge on any atom is 0.0947 e. The first-order valence-electron chi connectivity index (χ1n) is 8.32. The first-order chi connectivity index (χ1) is 10.8. The van der Waals surface area contributed by atoms with E-state index < -0.39 is 0 Å². The molecule has 0 saturated heterocycles. The zero-order valence-electron chi connectivity index (χ0n) is 13.2. The number of hydrogen-bond acceptors (Lipinski definition) is 3. The van der Waals surface area contributed by atoms with Gasteiger partial charge in [0.25, 0.3) is 0 Å². The third-order valence-electron chi connectivity index (χ3n) is 4.65. The van der Waals surface area contributed by atoms with Crippen molar-refractivity contribution < 1.29 is 5.11 Å². The van der Waals surface area contributed by atoms with Gasteiger partial charge in [0.1, 0.15) is 0 Å². The fourth-order valence-corrected chi connectivity index (χ4v) is 4.24. The molecule has 118 valence electrons. The van der Waals surface area contributed by atoms with E-state index in [4.69, 9.17) is 0 Å². The number of aliphatic hydroxyl groups is 1. The second-order valence-corrected chi connectivity index (χ2v) is 7.15. The molecule has 0 radical (unpaired) electrons. The molecule has 1 aliphatic rings. The van der Waals surface area contributed by atoms with Crippen LogP contribution in [0.5, 0.6) is 0 Å². The second kappa shape index (κ2) is 7.40. The Hall–Kier alpha value is -1.16. The molecule has 1 aromatic heterocycles. The lowest BCUT2D eigenvalue weighted by Gasteiger charge is -2.38. The summed E-state index contributed by atoms with van der Waals surface area (Å²) >= 11 is 1.83. The first kappa shape index (κ1) is 15.7. The van der Waals surface area contributed by atoms with Gasteiger partial charge in [0, 0.05) is 17.5 Å². The molecule has 3 heteroatoms. The van der Waals surface area contributed by atoms with E-state index in [9.17, 15) is 5.11 Å². The fourth-order valence-electron chi connectivity index (χ4n) is 3.54. The van der Waals surface area contributed by atoms with Gasteiger partial charge in [-0.2, -0.15) is 0 Å². The van der Waals surface area contributed by atoms with Crippen molar-refractivity contribution in [1.82, 2.24) is 4.90 Å². The maximum absolute atomic E-state index is 10.8. The summed E-state index contributed by atoms with van der Waals surface area (Å²) in [6, 6.07) is 13.0. The lowest BCUT2D eigenvalue weighted by Crippen LogP contribution is -2.43. The molecule has 22 heavy (non-hydrogen) atoms. The molecule has 0 amide bonds. The van der Waals surface area contributed by atoms with Crippen LogP contribution in [0, 0.1) is 0 Å². The zero-order valence-corrected chi connectivity index (χ0v) is 14.1. The number of benzene rings is 1. The lowest BCUT2D eigenvalue weighted by molar-refractivity contribution is 0.0364. The Morgan fingerprint density at radius 3 is 2.82 bits per heavy atom. The van der Waals surface area contributed by atoms with Gasteiger partial charge in [0.05, 0.1) is 6.10 Å². The summed E-state index contributed by atoms with van der Waals surface area (Å²) in [5, 5.41) is 13.0. The van der Waals surface area contributed by atoms with Crippen LogP contribution in [0.4, 0.5) is 0 Å². The molecule has 1 aliphatic carbocycles. The van der Waals surface area contributed by atoms with Gasteiger partial charge < -0.3 is 5.11 Å². The van der Waals surface area contributed by atoms with E-state index in [1.807, 2.05) is 17.4 Å². The average Bonchev–Trinajstić information content (AvgIpc) is 3.06. The molecule has 0 fully saturated rings. The van der Waals surface area contributed by atoms with E-state index >= 15 is 0 Å². The summed E-state index contributed by atoms with van der Waals surface area (Å²) < 4.78 is 0. The SMILES string of the molecule is CCCN(CCc1cccs1)C1CCc2ccccc2C1O. The fraction of sp³-hybridized carbons (Fsp3) is 0.474. The van der Waals surface area contributed by atoms with E-state index in [1.54, 1.807) is 0 Å². The van der Waals surface area contributed by atoms with Gasteiger partial charge in [-0.1, -0.05) is 37.3 Å². The topological polar surface area (TPSA) is 23.5 Å². The molecule has 0 saturated carbocycles. The Kier molecular flexibility index (Phi) is 5.29. The van der Waals surface area contributed by atoms with Crippen LogP contribution in [0.1, 0.15) is 41.9 Å². The van der Waals surface area contributed by atoms with E-state index in [-0.39, 0.29) is 12.1 Å². The molecule has 0 bridgehead atoms. The molecule has 1 N–H and O–H groups in total. The van der Waals surface area contributed by atoms with E-state index in [2.05, 4.69) is 47.5 Å². The van der Waals surface area contributed by atoms with Crippen LogP contribution in [0.25, 0.3) is 0 Å². The van der Waals surface area contributed by atoms with Crippen molar-refractivity contribution in [2.24, 2.45) is 0 Å². The molecule has 0 aliphatic heterocycles. The van der Waals surface area contributed by atoms with Crippen LogP contribution in [0.15, 0.2) is 41.8 Å². The van der Waals surface area contributed by atoms with Crippen molar-refractivity contribution in [1.29, 1.82) is 0 Å². The Bertz CT molecular complexity index is 581. The van der Waals surface area contributed by atoms with Gasteiger partial charge in [0.15, 0.2) is 0 Å². The van der Waals surface area contributed by atoms with E-state index in [0.29, 0.717) is 0 Å². The number of nitrogens with zero attached hydrogens (tertiary/aromatic N) is 1. The summed E-state index contributed by atoms with van der Waals surface area (Å²) in [5.41, 5.74) is 2.46. The molecule has 2 unspecified atom stereocenters. The predicted molar refractivity (Wildman–Crippen MR) is 93.4 cm³/mol. The van der Waals surface area contributed by atoms with Crippen molar-refractivity contribution >= 4 is 11.3 Å². The monoisotopic (exact) mass is 315 g/mol. The molecular weight excluding hydrogens is 290 g/mol. The average molecular weight is 315 g/mol. The summed E-state index contributed by atoms with van der Waals surface area (Å²) in [5.74, 6) is 0. The molecule has 0 spiro atoms. The van der Waals surface area contributed by atoms with E-state index in [1.165, 1.54) is 10.4 Å².